The van der Waals surface area contributed by atoms with Crippen LogP contribution < -0.4 is 0 Å². The van der Waals surface area contributed by atoms with Gasteiger partial charge in [-0.25, -0.2) is 17.6 Å². The van der Waals surface area contributed by atoms with Gasteiger partial charge in [0.2, 0.25) is 0 Å². The third-order valence-corrected chi connectivity index (χ3v) is 4.88. The molecule has 0 bridgehead atoms. The Balaban J connectivity index is 3.07. The fraction of sp³-hybridized carbons (Fsp3) is 0.417. The molecule has 0 heterocycles. The second-order valence-corrected chi connectivity index (χ2v) is 7.85. The molecule has 0 saturated carbocycles. The molecule has 0 fully saturated rings. The summed E-state index contributed by atoms with van der Waals surface area (Å²) < 4.78 is 40.9. The van der Waals surface area contributed by atoms with Crippen LogP contribution in [-0.4, -0.2) is 21.0 Å². The van der Waals surface area contributed by atoms with E-state index in [1.165, 1.54) is 0 Å². The summed E-state index contributed by atoms with van der Waals surface area (Å²) in [6, 6.07) is 1.63. The predicted octanol–water partition coefficient (Wildman–Crippen LogP) is 3.72. The summed E-state index contributed by atoms with van der Waals surface area (Å²) in [5, 5.41) is 0. The van der Waals surface area contributed by atoms with E-state index in [1.54, 1.807) is 0 Å². The molecule has 0 spiro atoms. The van der Waals surface area contributed by atoms with Crippen LogP contribution in [0.4, 0.5) is 4.39 Å². The number of hydrogen-bond donors (Lipinski definition) is 0. The number of ether oxygens (including phenoxy) is 1. The summed E-state index contributed by atoms with van der Waals surface area (Å²) in [6.07, 6.45) is 0.652. The summed E-state index contributed by atoms with van der Waals surface area (Å²) in [4.78, 5) is 11.3. The van der Waals surface area contributed by atoms with Crippen LogP contribution in [0.25, 0.3) is 0 Å². The van der Waals surface area contributed by atoms with E-state index < -0.39 is 25.7 Å². The van der Waals surface area contributed by atoms with E-state index in [9.17, 15) is 17.6 Å². The van der Waals surface area contributed by atoms with Gasteiger partial charge in [-0.05, 0) is 40.4 Å². The highest BCUT2D eigenvalue weighted by molar-refractivity contribution is 9.10. The number of halogens is 3. The number of carbonyl (C=O) groups excluding carboxylic acids is 1. The number of hydrogen-bond acceptors (Lipinski definition) is 4. The fourth-order valence-corrected chi connectivity index (χ4v) is 3.61. The van der Waals surface area contributed by atoms with Crippen molar-refractivity contribution in [2.45, 2.75) is 25.2 Å². The molecule has 1 aromatic rings. The maximum absolute atomic E-state index is 13.4. The summed E-state index contributed by atoms with van der Waals surface area (Å²) in [5.41, 5.74) is -0.215. The Morgan fingerprint density at radius 2 is 2.05 bits per heavy atom. The zero-order chi connectivity index (χ0) is 15.5. The average molecular weight is 388 g/mol. The van der Waals surface area contributed by atoms with Crippen LogP contribution in [-0.2, 0) is 13.8 Å². The van der Waals surface area contributed by atoms with E-state index in [2.05, 4.69) is 15.9 Å². The standard InChI is InChI=1S/C12H13BrClFO4S/c1-7(2)3-4-19-12(16)9-5-8(15)6-10(11(9)13)20(14,17)18/h5-7H,3-4H2,1-2H3. The lowest BCUT2D eigenvalue weighted by molar-refractivity contribution is 0.0486. The van der Waals surface area contributed by atoms with Gasteiger partial charge in [0.05, 0.1) is 16.6 Å². The van der Waals surface area contributed by atoms with E-state index in [1.807, 2.05) is 13.8 Å². The Morgan fingerprint density at radius 3 is 2.55 bits per heavy atom. The molecule has 0 saturated heterocycles. The second-order valence-electron chi connectivity index (χ2n) is 4.52. The molecule has 8 heteroatoms. The lowest BCUT2D eigenvalue weighted by atomic mass is 10.1. The van der Waals surface area contributed by atoms with Crippen LogP contribution in [0.3, 0.4) is 0 Å². The highest BCUT2D eigenvalue weighted by atomic mass is 79.9. The molecule has 0 aliphatic rings. The Hall–Kier alpha value is -0.660. The molecule has 0 N–H and O–H groups in total. The van der Waals surface area contributed by atoms with Crippen molar-refractivity contribution >= 4 is 41.6 Å². The summed E-state index contributed by atoms with van der Waals surface area (Å²) in [7, 11) is 1.01. The van der Waals surface area contributed by atoms with Crippen molar-refractivity contribution in [2.75, 3.05) is 6.61 Å². The van der Waals surface area contributed by atoms with E-state index in [0.29, 0.717) is 12.3 Å². The molecule has 0 aromatic heterocycles. The van der Waals surface area contributed by atoms with Crippen molar-refractivity contribution in [1.29, 1.82) is 0 Å². The van der Waals surface area contributed by atoms with Crippen molar-refractivity contribution in [3.63, 3.8) is 0 Å². The number of benzene rings is 1. The largest absolute Gasteiger partial charge is 0.462 e. The van der Waals surface area contributed by atoms with Crippen LogP contribution in [0.5, 0.6) is 0 Å². The van der Waals surface area contributed by atoms with Crippen molar-refractivity contribution in [3.05, 3.63) is 28.0 Å². The van der Waals surface area contributed by atoms with Gasteiger partial charge in [0.15, 0.2) is 0 Å². The van der Waals surface area contributed by atoms with E-state index in [0.717, 1.165) is 12.1 Å². The quantitative estimate of drug-likeness (QED) is 0.571. The first-order chi connectivity index (χ1) is 9.12. The molecular weight excluding hydrogens is 375 g/mol. The first-order valence-corrected chi connectivity index (χ1v) is 8.84. The van der Waals surface area contributed by atoms with Gasteiger partial charge in [0.25, 0.3) is 9.05 Å². The van der Waals surface area contributed by atoms with Crippen LogP contribution >= 0.6 is 26.6 Å². The molecule has 1 aromatic carbocycles. The van der Waals surface area contributed by atoms with Crippen LogP contribution in [0.2, 0.25) is 0 Å². The van der Waals surface area contributed by atoms with E-state index in [-0.39, 0.29) is 16.6 Å². The molecule has 1 rings (SSSR count). The molecule has 0 unspecified atom stereocenters. The van der Waals surface area contributed by atoms with Gasteiger partial charge in [0.1, 0.15) is 10.7 Å². The van der Waals surface area contributed by atoms with Crippen molar-refractivity contribution in [2.24, 2.45) is 5.92 Å². The predicted molar refractivity (Wildman–Crippen MR) is 76.9 cm³/mol. The van der Waals surface area contributed by atoms with Gasteiger partial charge in [0, 0.05) is 10.7 Å². The van der Waals surface area contributed by atoms with Gasteiger partial charge >= 0.3 is 5.97 Å². The highest BCUT2D eigenvalue weighted by Gasteiger charge is 2.23. The van der Waals surface area contributed by atoms with Crippen LogP contribution in [0.15, 0.2) is 21.5 Å². The second kappa shape index (κ2) is 6.87. The average Bonchev–Trinajstić information content (AvgIpc) is 2.29. The molecule has 112 valence electrons. The third kappa shape index (κ3) is 4.71. The highest BCUT2D eigenvalue weighted by Crippen LogP contribution is 2.30. The van der Waals surface area contributed by atoms with Gasteiger partial charge in [-0.15, -0.1) is 0 Å². The third-order valence-electron chi connectivity index (χ3n) is 2.41. The van der Waals surface area contributed by atoms with Gasteiger partial charge in [-0.3, -0.25) is 0 Å². The first kappa shape index (κ1) is 17.4. The molecule has 20 heavy (non-hydrogen) atoms. The maximum atomic E-state index is 13.4. The molecule has 0 atom stereocenters. The lowest BCUT2D eigenvalue weighted by Gasteiger charge is -2.10. The topological polar surface area (TPSA) is 60.4 Å². The molecule has 0 radical (unpaired) electrons. The minimum atomic E-state index is -4.17. The number of esters is 1. The lowest BCUT2D eigenvalue weighted by Crippen LogP contribution is -2.10. The van der Waals surface area contributed by atoms with Crippen molar-refractivity contribution < 1.29 is 22.3 Å². The summed E-state index contributed by atoms with van der Waals surface area (Å²) in [6.45, 7) is 4.09. The van der Waals surface area contributed by atoms with Crippen LogP contribution in [0, 0.1) is 11.7 Å². The Bertz CT molecular complexity index is 616. The van der Waals surface area contributed by atoms with Crippen LogP contribution in [0.1, 0.15) is 30.6 Å². The van der Waals surface area contributed by atoms with E-state index in [4.69, 9.17) is 15.4 Å². The zero-order valence-electron chi connectivity index (χ0n) is 10.8. The minimum absolute atomic E-state index is 0.108. The monoisotopic (exact) mass is 386 g/mol. The fourth-order valence-electron chi connectivity index (χ4n) is 1.36. The first-order valence-electron chi connectivity index (χ1n) is 5.73. The Labute approximate surface area is 129 Å². The smallest absolute Gasteiger partial charge is 0.339 e. The van der Waals surface area contributed by atoms with E-state index >= 15 is 0 Å². The maximum Gasteiger partial charge on any atom is 0.339 e. The van der Waals surface area contributed by atoms with Gasteiger partial charge in [-0.2, -0.15) is 0 Å². The van der Waals surface area contributed by atoms with Gasteiger partial charge in [-0.1, -0.05) is 13.8 Å². The number of carbonyl (C=O) groups is 1. The molecule has 0 aliphatic carbocycles. The molecule has 0 amide bonds. The normalized spacial score (nSPS) is 11.7. The van der Waals surface area contributed by atoms with Crippen molar-refractivity contribution in [1.82, 2.24) is 0 Å². The molecule has 0 aliphatic heterocycles. The SMILES string of the molecule is CC(C)CCOC(=O)c1cc(F)cc(S(=O)(=O)Cl)c1Br. The summed E-state index contributed by atoms with van der Waals surface area (Å²) >= 11 is 2.94. The summed E-state index contributed by atoms with van der Waals surface area (Å²) in [5.74, 6) is -1.35. The Morgan fingerprint density at radius 1 is 1.45 bits per heavy atom. The minimum Gasteiger partial charge on any atom is -0.462 e. The Kier molecular flexibility index (Phi) is 5.97. The number of rotatable bonds is 5. The van der Waals surface area contributed by atoms with Crippen molar-refractivity contribution in [3.8, 4) is 0 Å². The van der Waals surface area contributed by atoms with Gasteiger partial charge < -0.3 is 4.74 Å². The molecular formula is C12H13BrClFO4S. The zero-order valence-corrected chi connectivity index (χ0v) is 14.0. The molecule has 4 nitrogen and oxygen atoms in total.